The highest BCUT2D eigenvalue weighted by Gasteiger charge is 2.34. The van der Waals surface area contributed by atoms with E-state index in [0.717, 1.165) is 50.5 Å². The monoisotopic (exact) mass is 529 g/mol. The summed E-state index contributed by atoms with van der Waals surface area (Å²) in [4.78, 5) is 31.8. The number of imide groups is 1. The zero-order valence-corrected chi connectivity index (χ0v) is 22.0. The summed E-state index contributed by atoms with van der Waals surface area (Å²) in [6.45, 7) is 6.14. The largest absolute Gasteiger partial charge is 0.494 e. The van der Waals surface area contributed by atoms with Crippen LogP contribution in [0.15, 0.2) is 78.4 Å². The van der Waals surface area contributed by atoms with Crippen LogP contribution in [0.2, 0.25) is 0 Å². The molecule has 0 atom stereocenters. The molecule has 2 saturated heterocycles. The van der Waals surface area contributed by atoms with Crippen LogP contribution >= 0.6 is 0 Å². The summed E-state index contributed by atoms with van der Waals surface area (Å²) in [5.74, 6) is 0.833. The second-order valence-electron chi connectivity index (χ2n) is 9.85. The van der Waals surface area contributed by atoms with E-state index in [-0.39, 0.29) is 24.1 Å². The average molecular weight is 530 g/mol. The van der Waals surface area contributed by atoms with Crippen LogP contribution in [0.25, 0.3) is 6.08 Å². The Bertz CT molecular complexity index is 1320. The van der Waals surface area contributed by atoms with Gasteiger partial charge in [-0.05, 0) is 85.8 Å². The van der Waals surface area contributed by atoms with E-state index in [1.54, 1.807) is 30.3 Å². The van der Waals surface area contributed by atoms with E-state index >= 15 is 0 Å². The Morgan fingerprint density at radius 3 is 2.10 bits per heavy atom. The van der Waals surface area contributed by atoms with Gasteiger partial charge in [-0.25, -0.2) is 9.29 Å². The normalized spacial score (nSPS) is 17.7. The molecule has 3 aromatic rings. The summed E-state index contributed by atoms with van der Waals surface area (Å²) < 4.78 is 24.7. The number of benzene rings is 3. The van der Waals surface area contributed by atoms with Crippen molar-refractivity contribution < 1.29 is 23.5 Å². The molecule has 5 rings (SSSR count). The van der Waals surface area contributed by atoms with Crippen LogP contribution in [0.3, 0.4) is 0 Å². The molecule has 7 nitrogen and oxygen atoms in total. The lowest BCUT2D eigenvalue weighted by Crippen LogP contribution is -2.44. The van der Waals surface area contributed by atoms with Crippen LogP contribution in [0.1, 0.15) is 18.4 Å². The SMILES string of the molecule is CN1CCN(CCCOc2ccc(C=C3CC(=O)N(c4ccc(Oc5ccc(F)cc5)cc4)C3=O)cc2)CC1. The fraction of sp³-hybridized carbons (Fsp3) is 0.290. The van der Waals surface area contributed by atoms with Crippen molar-refractivity contribution in [2.45, 2.75) is 12.8 Å². The molecular weight excluding hydrogens is 497 g/mol. The van der Waals surface area contributed by atoms with E-state index in [9.17, 15) is 14.0 Å². The number of ether oxygens (including phenoxy) is 2. The number of anilines is 1. The third-order valence-electron chi connectivity index (χ3n) is 6.92. The highest BCUT2D eigenvalue weighted by atomic mass is 19.1. The maximum Gasteiger partial charge on any atom is 0.261 e. The van der Waals surface area contributed by atoms with Gasteiger partial charge in [0.2, 0.25) is 5.91 Å². The second kappa shape index (κ2) is 12.2. The van der Waals surface area contributed by atoms with E-state index < -0.39 is 0 Å². The maximum atomic E-state index is 13.1. The first-order chi connectivity index (χ1) is 18.9. The van der Waals surface area contributed by atoms with Crippen LogP contribution in [0, 0.1) is 5.82 Å². The van der Waals surface area contributed by atoms with E-state index in [2.05, 4.69) is 16.8 Å². The van der Waals surface area contributed by atoms with Crippen LogP contribution in [0.4, 0.5) is 10.1 Å². The molecule has 0 unspecified atom stereocenters. The standard InChI is InChI=1S/C31H32FN3O4/c1-33-16-18-34(19-17-33)15-2-20-38-27-9-3-23(4-10-27)21-24-22-30(36)35(31(24)37)26-7-13-29(14-8-26)39-28-11-5-25(32)6-12-28/h3-14,21H,2,15-20,22H2,1H3. The fourth-order valence-corrected chi connectivity index (χ4v) is 4.66. The molecule has 2 amide bonds. The molecule has 2 aliphatic rings. The number of carbonyl (C=O) groups is 2. The minimum atomic E-state index is -0.343. The van der Waals surface area contributed by atoms with Gasteiger partial charge < -0.3 is 19.3 Å². The summed E-state index contributed by atoms with van der Waals surface area (Å²) in [5, 5.41) is 0. The minimum absolute atomic E-state index is 0.0389. The molecule has 3 aromatic carbocycles. The van der Waals surface area contributed by atoms with Crippen LogP contribution < -0.4 is 14.4 Å². The van der Waals surface area contributed by atoms with Crippen molar-refractivity contribution in [3.8, 4) is 17.2 Å². The number of amides is 2. The molecule has 202 valence electrons. The van der Waals surface area contributed by atoms with Crippen molar-refractivity contribution in [1.29, 1.82) is 0 Å². The minimum Gasteiger partial charge on any atom is -0.494 e. The number of piperazine rings is 1. The van der Waals surface area contributed by atoms with Crippen molar-refractivity contribution in [1.82, 2.24) is 9.80 Å². The number of rotatable bonds is 9. The first-order valence-electron chi connectivity index (χ1n) is 13.2. The molecule has 39 heavy (non-hydrogen) atoms. The molecule has 2 aliphatic heterocycles. The van der Waals surface area contributed by atoms with Gasteiger partial charge in [-0.2, -0.15) is 0 Å². The molecule has 0 saturated carbocycles. The van der Waals surface area contributed by atoms with E-state index in [4.69, 9.17) is 9.47 Å². The smallest absolute Gasteiger partial charge is 0.261 e. The third-order valence-corrected chi connectivity index (χ3v) is 6.92. The predicted octanol–water partition coefficient (Wildman–Crippen LogP) is 4.98. The number of hydrogen-bond donors (Lipinski definition) is 0. The van der Waals surface area contributed by atoms with E-state index in [0.29, 0.717) is 29.4 Å². The Morgan fingerprint density at radius 1 is 0.821 bits per heavy atom. The molecule has 2 heterocycles. The molecule has 0 aromatic heterocycles. The number of hydrogen-bond acceptors (Lipinski definition) is 6. The zero-order chi connectivity index (χ0) is 27.2. The first kappa shape index (κ1) is 26.6. The Labute approximate surface area is 228 Å². The van der Waals surface area contributed by atoms with Crippen molar-refractivity contribution in [2.75, 3.05) is 51.3 Å². The van der Waals surface area contributed by atoms with Gasteiger partial charge in [-0.3, -0.25) is 9.59 Å². The Kier molecular flexibility index (Phi) is 8.34. The molecule has 8 heteroatoms. The maximum absolute atomic E-state index is 13.1. The highest BCUT2D eigenvalue weighted by molar-refractivity contribution is 6.29. The van der Waals surface area contributed by atoms with Crippen molar-refractivity contribution in [3.05, 3.63) is 89.8 Å². The zero-order valence-electron chi connectivity index (χ0n) is 22.0. The molecule has 0 N–H and O–H groups in total. The van der Waals surface area contributed by atoms with Crippen molar-refractivity contribution in [2.24, 2.45) is 0 Å². The van der Waals surface area contributed by atoms with Gasteiger partial charge in [0.25, 0.3) is 5.91 Å². The number of carbonyl (C=O) groups excluding carboxylic acids is 2. The predicted molar refractivity (Wildman–Crippen MR) is 148 cm³/mol. The lowest BCUT2D eigenvalue weighted by molar-refractivity contribution is -0.120. The van der Waals surface area contributed by atoms with Gasteiger partial charge in [0.1, 0.15) is 23.1 Å². The Balaban J connectivity index is 1.14. The van der Waals surface area contributed by atoms with E-state index in [1.165, 1.54) is 29.2 Å². The average Bonchev–Trinajstić information content (AvgIpc) is 3.22. The first-order valence-corrected chi connectivity index (χ1v) is 13.2. The van der Waals surface area contributed by atoms with Gasteiger partial charge in [0.05, 0.1) is 18.7 Å². The topological polar surface area (TPSA) is 62.3 Å². The number of likely N-dealkylation sites (N-methyl/N-ethyl adjacent to an activating group) is 1. The summed E-state index contributed by atoms with van der Waals surface area (Å²) >= 11 is 0. The quantitative estimate of drug-likeness (QED) is 0.221. The molecule has 0 radical (unpaired) electrons. The fourth-order valence-electron chi connectivity index (χ4n) is 4.66. The van der Waals surface area contributed by atoms with Crippen molar-refractivity contribution >= 4 is 23.6 Å². The number of halogens is 1. The summed E-state index contributed by atoms with van der Waals surface area (Å²) in [7, 11) is 2.16. The van der Waals surface area contributed by atoms with Crippen molar-refractivity contribution in [3.63, 3.8) is 0 Å². The van der Waals surface area contributed by atoms with Gasteiger partial charge in [-0.15, -0.1) is 0 Å². The van der Waals surface area contributed by atoms with Gasteiger partial charge in [-0.1, -0.05) is 12.1 Å². The molecule has 2 fully saturated rings. The lowest BCUT2D eigenvalue weighted by atomic mass is 10.1. The van der Waals surface area contributed by atoms with Gasteiger partial charge >= 0.3 is 0 Å². The third kappa shape index (κ3) is 6.90. The Hall–Kier alpha value is -4.01. The summed E-state index contributed by atoms with van der Waals surface area (Å²) in [6, 6.07) is 19.9. The number of nitrogens with zero attached hydrogens (tertiary/aromatic N) is 3. The highest BCUT2D eigenvalue weighted by Crippen LogP contribution is 2.30. The van der Waals surface area contributed by atoms with Crippen LogP contribution in [0.5, 0.6) is 17.2 Å². The molecule has 0 spiro atoms. The lowest BCUT2D eigenvalue weighted by Gasteiger charge is -2.32. The second-order valence-corrected chi connectivity index (χ2v) is 9.85. The van der Waals surface area contributed by atoms with Gasteiger partial charge in [0.15, 0.2) is 0 Å². The molecular formula is C31H32FN3O4. The Morgan fingerprint density at radius 2 is 1.44 bits per heavy atom. The molecule has 0 aliphatic carbocycles. The van der Waals surface area contributed by atoms with E-state index in [1.807, 2.05) is 24.3 Å². The van der Waals surface area contributed by atoms with Gasteiger partial charge in [0, 0.05) is 38.3 Å². The van der Waals surface area contributed by atoms with Crippen LogP contribution in [-0.2, 0) is 9.59 Å². The molecule has 0 bridgehead atoms. The summed E-state index contributed by atoms with van der Waals surface area (Å²) in [5.41, 5.74) is 1.74. The van der Waals surface area contributed by atoms with Crippen LogP contribution in [-0.4, -0.2) is 68.0 Å². The summed E-state index contributed by atoms with van der Waals surface area (Å²) in [6.07, 6.45) is 2.77.